The minimum atomic E-state index is -0.148. The zero-order chi connectivity index (χ0) is 14.9. The van der Waals surface area contributed by atoms with Crippen molar-refractivity contribution in [1.82, 2.24) is 0 Å². The molecule has 2 aliphatic carbocycles. The Labute approximate surface area is 128 Å². The Balaban J connectivity index is 1.64. The second-order valence-corrected chi connectivity index (χ2v) is 7.11. The van der Waals surface area contributed by atoms with Gasteiger partial charge in [0.25, 0.3) is 0 Å². The summed E-state index contributed by atoms with van der Waals surface area (Å²) >= 11 is 0. The molecule has 0 aliphatic heterocycles. The molecule has 0 aromatic heterocycles. The zero-order valence-corrected chi connectivity index (χ0v) is 13.3. The van der Waals surface area contributed by atoms with Gasteiger partial charge in [-0.15, -0.1) is 0 Å². The normalized spacial score (nSPS) is 33.5. The highest BCUT2D eigenvalue weighted by atomic mass is 16.5. The van der Waals surface area contributed by atoms with Gasteiger partial charge in [-0.25, -0.2) is 0 Å². The van der Waals surface area contributed by atoms with Crippen LogP contribution in [0.15, 0.2) is 24.3 Å². The molecule has 0 saturated heterocycles. The van der Waals surface area contributed by atoms with Gasteiger partial charge in [0, 0.05) is 5.41 Å². The Morgan fingerprint density at radius 2 is 1.81 bits per heavy atom. The van der Waals surface area contributed by atoms with E-state index in [0.29, 0.717) is 12.0 Å². The molecule has 2 saturated carbocycles. The second kappa shape index (κ2) is 6.00. The van der Waals surface area contributed by atoms with Crippen LogP contribution in [0.2, 0.25) is 0 Å². The van der Waals surface area contributed by atoms with E-state index in [1.54, 1.807) is 0 Å². The van der Waals surface area contributed by atoms with Gasteiger partial charge in [-0.05, 0) is 62.1 Å². The van der Waals surface area contributed by atoms with Crippen molar-refractivity contribution in [2.45, 2.75) is 76.9 Å². The molecule has 2 fully saturated rings. The van der Waals surface area contributed by atoms with E-state index in [-0.39, 0.29) is 11.5 Å². The zero-order valence-electron chi connectivity index (χ0n) is 13.3. The quantitative estimate of drug-likeness (QED) is 0.873. The Hall–Kier alpha value is -1.02. The van der Waals surface area contributed by atoms with Gasteiger partial charge >= 0.3 is 0 Å². The summed E-state index contributed by atoms with van der Waals surface area (Å²) in [5, 5.41) is 10.0. The Bertz CT molecular complexity index is 461. The predicted octanol–water partition coefficient (Wildman–Crippen LogP) is 4.66. The second-order valence-electron chi connectivity index (χ2n) is 7.11. The fourth-order valence-electron chi connectivity index (χ4n) is 3.99. The van der Waals surface area contributed by atoms with E-state index in [0.717, 1.165) is 18.6 Å². The molecule has 1 aromatic carbocycles. The number of aliphatic hydroxyl groups is 1. The molecule has 0 amide bonds. The van der Waals surface area contributed by atoms with Gasteiger partial charge in [0.1, 0.15) is 5.75 Å². The topological polar surface area (TPSA) is 29.5 Å². The van der Waals surface area contributed by atoms with Crippen LogP contribution in [0.3, 0.4) is 0 Å². The van der Waals surface area contributed by atoms with E-state index in [9.17, 15) is 5.11 Å². The summed E-state index contributed by atoms with van der Waals surface area (Å²) in [5.41, 5.74) is 1.40. The van der Waals surface area contributed by atoms with Gasteiger partial charge in [0.15, 0.2) is 0 Å². The SMILES string of the molecule is CCC1(C)C(O)CC1c1ccc(OC2CCCCC2)cc1. The van der Waals surface area contributed by atoms with Gasteiger partial charge < -0.3 is 9.84 Å². The molecule has 0 bridgehead atoms. The molecule has 2 aliphatic rings. The summed E-state index contributed by atoms with van der Waals surface area (Å²) in [6.07, 6.45) is 8.55. The largest absolute Gasteiger partial charge is 0.490 e. The summed E-state index contributed by atoms with van der Waals surface area (Å²) in [6.45, 7) is 4.38. The molecule has 0 heterocycles. The van der Waals surface area contributed by atoms with Crippen molar-refractivity contribution in [1.29, 1.82) is 0 Å². The average Bonchev–Trinajstić information content (AvgIpc) is 2.53. The maximum atomic E-state index is 10.0. The van der Waals surface area contributed by atoms with Crippen LogP contribution in [0, 0.1) is 5.41 Å². The van der Waals surface area contributed by atoms with Gasteiger partial charge in [0.2, 0.25) is 0 Å². The molecule has 116 valence electrons. The van der Waals surface area contributed by atoms with Crippen molar-refractivity contribution in [3.63, 3.8) is 0 Å². The summed E-state index contributed by atoms with van der Waals surface area (Å²) in [4.78, 5) is 0. The third-order valence-corrected chi connectivity index (χ3v) is 5.92. The fraction of sp³-hybridized carbons (Fsp3) is 0.684. The minimum Gasteiger partial charge on any atom is -0.490 e. The molecule has 21 heavy (non-hydrogen) atoms. The van der Waals surface area contributed by atoms with Gasteiger partial charge in [-0.3, -0.25) is 0 Å². The highest BCUT2D eigenvalue weighted by Gasteiger charge is 2.49. The van der Waals surface area contributed by atoms with Crippen molar-refractivity contribution < 1.29 is 9.84 Å². The summed E-state index contributed by atoms with van der Waals surface area (Å²) in [6, 6.07) is 8.63. The highest BCUT2D eigenvalue weighted by molar-refractivity contribution is 5.33. The number of ether oxygens (including phenoxy) is 1. The molecule has 2 heteroatoms. The smallest absolute Gasteiger partial charge is 0.119 e. The lowest BCUT2D eigenvalue weighted by Gasteiger charge is -2.51. The van der Waals surface area contributed by atoms with E-state index in [2.05, 4.69) is 38.1 Å². The molecule has 3 rings (SSSR count). The van der Waals surface area contributed by atoms with Crippen molar-refractivity contribution in [3.05, 3.63) is 29.8 Å². The van der Waals surface area contributed by atoms with Crippen LogP contribution in [0.5, 0.6) is 5.75 Å². The predicted molar refractivity (Wildman–Crippen MR) is 85.7 cm³/mol. The molecular weight excluding hydrogens is 260 g/mol. The molecule has 0 spiro atoms. The maximum Gasteiger partial charge on any atom is 0.119 e. The highest BCUT2D eigenvalue weighted by Crippen LogP contribution is 2.54. The molecule has 2 nitrogen and oxygen atoms in total. The monoisotopic (exact) mass is 288 g/mol. The van der Waals surface area contributed by atoms with Crippen molar-refractivity contribution in [2.24, 2.45) is 5.41 Å². The standard InChI is InChI=1S/C19H28O2/c1-3-19(2)17(13-18(19)20)14-9-11-16(12-10-14)21-15-7-5-4-6-8-15/h9-12,15,17-18,20H,3-8,13H2,1-2H3. The van der Waals surface area contributed by atoms with Gasteiger partial charge in [-0.1, -0.05) is 32.4 Å². The lowest BCUT2D eigenvalue weighted by atomic mass is 9.55. The van der Waals surface area contributed by atoms with Crippen molar-refractivity contribution >= 4 is 0 Å². The molecule has 3 atom stereocenters. The van der Waals surface area contributed by atoms with Gasteiger partial charge in [0.05, 0.1) is 12.2 Å². The molecule has 0 radical (unpaired) electrons. The third-order valence-electron chi connectivity index (χ3n) is 5.92. The van der Waals surface area contributed by atoms with Crippen molar-refractivity contribution in [3.8, 4) is 5.75 Å². The molecule has 3 unspecified atom stereocenters. The lowest BCUT2D eigenvalue weighted by Crippen LogP contribution is -2.49. The van der Waals surface area contributed by atoms with E-state index >= 15 is 0 Å². The number of benzene rings is 1. The van der Waals surface area contributed by atoms with E-state index in [1.807, 2.05) is 0 Å². The number of hydrogen-bond donors (Lipinski definition) is 1. The van der Waals surface area contributed by atoms with E-state index in [4.69, 9.17) is 4.74 Å². The number of rotatable bonds is 4. The number of hydrogen-bond acceptors (Lipinski definition) is 2. The molecule has 1 N–H and O–H groups in total. The van der Waals surface area contributed by atoms with E-state index < -0.39 is 0 Å². The first kappa shape index (κ1) is 14.9. The van der Waals surface area contributed by atoms with Crippen LogP contribution in [0.25, 0.3) is 0 Å². The maximum absolute atomic E-state index is 10.0. The van der Waals surface area contributed by atoms with Crippen LogP contribution >= 0.6 is 0 Å². The van der Waals surface area contributed by atoms with Crippen LogP contribution in [-0.2, 0) is 0 Å². The summed E-state index contributed by atoms with van der Waals surface area (Å²) < 4.78 is 6.09. The first-order valence-electron chi connectivity index (χ1n) is 8.58. The summed E-state index contributed by atoms with van der Waals surface area (Å²) in [5.74, 6) is 1.49. The third kappa shape index (κ3) is 2.83. The van der Waals surface area contributed by atoms with Crippen molar-refractivity contribution in [2.75, 3.05) is 0 Å². The first-order chi connectivity index (χ1) is 10.1. The fourth-order valence-corrected chi connectivity index (χ4v) is 3.99. The van der Waals surface area contributed by atoms with E-state index in [1.165, 1.54) is 37.7 Å². The number of aliphatic hydroxyl groups excluding tert-OH is 1. The van der Waals surface area contributed by atoms with Crippen LogP contribution in [-0.4, -0.2) is 17.3 Å². The first-order valence-corrected chi connectivity index (χ1v) is 8.58. The Morgan fingerprint density at radius 3 is 2.38 bits per heavy atom. The summed E-state index contributed by atoms with van der Waals surface area (Å²) in [7, 11) is 0. The van der Waals surface area contributed by atoms with Crippen LogP contribution < -0.4 is 4.74 Å². The lowest BCUT2D eigenvalue weighted by molar-refractivity contribution is -0.0777. The van der Waals surface area contributed by atoms with Crippen LogP contribution in [0.4, 0.5) is 0 Å². The Morgan fingerprint density at radius 1 is 1.14 bits per heavy atom. The molecular formula is C19H28O2. The molecule has 1 aromatic rings. The average molecular weight is 288 g/mol. The van der Waals surface area contributed by atoms with Crippen LogP contribution in [0.1, 0.15) is 70.3 Å². The minimum absolute atomic E-state index is 0.0474. The Kier molecular flexibility index (Phi) is 4.26. The van der Waals surface area contributed by atoms with Gasteiger partial charge in [-0.2, -0.15) is 0 Å².